The summed E-state index contributed by atoms with van der Waals surface area (Å²) in [7, 11) is 5.20. The molecule has 5 nitrogen and oxygen atoms in total. The third-order valence-electron chi connectivity index (χ3n) is 6.33. The van der Waals surface area contributed by atoms with Crippen molar-refractivity contribution in [3.63, 3.8) is 0 Å². The number of hydrogen-bond donors (Lipinski definition) is 0. The first kappa shape index (κ1) is 18.4. The highest BCUT2D eigenvalue weighted by Crippen LogP contribution is 2.48. The van der Waals surface area contributed by atoms with Crippen LogP contribution in [0.25, 0.3) is 10.8 Å². The fraction of sp³-hybridized carbons (Fsp3) is 0.500. The van der Waals surface area contributed by atoms with Gasteiger partial charge >= 0.3 is 5.97 Å². The molecule has 2 aliphatic rings. The molecule has 2 heterocycles. The van der Waals surface area contributed by atoms with Gasteiger partial charge < -0.3 is 14.2 Å². The molecule has 0 aliphatic carbocycles. The Kier molecular flexibility index (Phi) is 5.17. The Hall–Kier alpha value is -1.95. The number of esters is 1. The molecular formula is C22H27NO4. The molecule has 2 saturated heterocycles. The maximum Gasteiger partial charge on any atom is 0.310 e. The minimum Gasteiger partial charge on any atom is -0.469 e. The Morgan fingerprint density at radius 1 is 1.11 bits per heavy atom. The molecule has 27 heavy (non-hydrogen) atoms. The van der Waals surface area contributed by atoms with Crippen LogP contribution in [0, 0.1) is 5.92 Å². The van der Waals surface area contributed by atoms with E-state index in [0.717, 1.165) is 12.8 Å². The number of ether oxygens (including phenoxy) is 3. The Morgan fingerprint density at radius 3 is 2.63 bits per heavy atom. The van der Waals surface area contributed by atoms with E-state index in [1.807, 2.05) is 6.07 Å². The Labute approximate surface area is 160 Å². The fourth-order valence-electron chi connectivity index (χ4n) is 5.05. The zero-order chi connectivity index (χ0) is 19.0. The van der Waals surface area contributed by atoms with Crippen LogP contribution >= 0.6 is 0 Å². The first-order chi connectivity index (χ1) is 13.1. The lowest BCUT2D eigenvalue weighted by Crippen LogP contribution is -2.52. The van der Waals surface area contributed by atoms with Gasteiger partial charge in [0.15, 0.2) is 0 Å². The standard InChI is InChI=1S/C22H27NO4/c1-23-17-11-18(16-9-8-14-6-4-5-7-15(14)10-16)20(22(24)26-3)21(23)19(12-17)27-13-25-2/h4-10,17-21H,11-13H2,1-3H3/t17-,18+,19-,20+,21-/m1/s1. The van der Waals surface area contributed by atoms with Crippen LogP contribution in [0.2, 0.25) is 0 Å². The summed E-state index contributed by atoms with van der Waals surface area (Å²) < 4.78 is 16.3. The first-order valence-corrected chi connectivity index (χ1v) is 9.53. The molecule has 2 bridgehead atoms. The molecule has 0 amide bonds. The minimum absolute atomic E-state index is 0.00261. The van der Waals surface area contributed by atoms with Crippen LogP contribution in [0.5, 0.6) is 0 Å². The van der Waals surface area contributed by atoms with Crippen molar-refractivity contribution in [2.75, 3.05) is 28.1 Å². The third-order valence-corrected chi connectivity index (χ3v) is 6.33. The summed E-state index contributed by atoms with van der Waals surface area (Å²) in [4.78, 5) is 15.1. The summed E-state index contributed by atoms with van der Waals surface area (Å²) in [6.07, 6.45) is 1.83. The second kappa shape index (κ2) is 7.58. The maximum absolute atomic E-state index is 12.8. The van der Waals surface area contributed by atoms with Crippen LogP contribution in [0.15, 0.2) is 42.5 Å². The number of carbonyl (C=O) groups excluding carboxylic acids is 1. The van der Waals surface area contributed by atoms with Crippen LogP contribution in [0.3, 0.4) is 0 Å². The summed E-state index contributed by atoms with van der Waals surface area (Å²) in [6, 6.07) is 15.3. The highest BCUT2D eigenvalue weighted by Gasteiger charge is 2.54. The lowest BCUT2D eigenvalue weighted by Gasteiger charge is -2.42. The number of methoxy groups -OCH3 is 2. The van der Waals surface area contributed by atoms with Crippen molar-refractivity contribution in [3.05, 3.63) is 48.0 Å². The quantitative estimate of drug-likeness (QED) is 0.598. The molecule has 2 fully saturated rings. The van der Waals surface area contributed by atoms with Crippen molar-refractivity contribution in [2.24, 2.45) is 5.92 Å². The molecule has 5 heteroatoms. The minimum atomic E-state index is -0.248. The second-order valence-corrected chi connectivity index (χ2v) is 7.65. The first-order valence-electron chi connectivity index (χ1n) is 9.53. The maximum atomic E-state index is 12.8. The van der Waals surface area contributed by atoms with E-state index < -0.39 is 0 Å². The van der Waals surface area contributed by atoms with Crippen molar-refractivity contribution in [1.29, 1.82) is 0 Å². The van der Waals surface area contributed by atoms with Crippen LogP contribution in [-0.4, -0.2) is 57.1 Å². The molecule has 0 saturated carbocycles. The number of benzene rings is 2. The molecule has 5 atom stereocenters. The molecule has 0 N–H and O–H groups in total. The largest absolute Gasteiger partial charge is 0.469 e. The van der Waals surface area contributed by atoms with Crippen LogP contribution in [0.4, 0.5) is 0 Å². The number of likely N-dealkylation sites (N-methyl/N-ethyl adjacent to an activating group) is 1. The molecule has 2 aromatic carbocycles. The van der Waals surface area contributed by atoms with E-state index in [-0.39, 0.29) is 36.7 Å². The van der Waals surface area contributed by atoms with Gasteiger partial charge in [-0.15, -0.1) is 0 Å². The molecule has 4 rings (SSSR count). The summed E-state index contributed by atoms with van der Waals surface area (Å²) in [5.74, 6) is -0.275. The van der Waals surface area contributed by atoms with E-state index in [1.54, 1.807) is 7.11 Å². The SMILES string of the molecule is COCO[C@@H]1C[C@H]2C[C@@H](c3ccc4ccccc4c3)[C@H](C(=O)OC)[C@@H]1N2C. The molecule has 2 aromatic rings. The van der Waals surface area contributed by atoms with Crippen molar-refractivity contribution in [1.82, 2.24) is 4.90 Å². The van der Waals surface area contributed by atoms with E-state index in [9.17, 15) is 4.79 Å². The summed E-state index contributed by atoms with van der Waals surface area (Å²) in [5.41, 5.74) is 1.21. The fourth-order valence-corrected chi connectivity index (χ4v) is 5.05. The zero-order valence-electron chi connectivity index (χ0n) is 16.1. The number of nitrogens with zero attached hydrogens (tertiary/aromatic N) is 1. The number of fused-ring (bicyclic) bond motifs is 3. The topological polar surface area (TPSA) is 48.0 Å². The molecule has 0 spiro atoms. The average molecular weight is 369 g/mol. The van der Waals surface area contributed by atoms with Gasteiger partial charge in [0.1, 0.15) is 6.79 Å². The molecule has 0 aromatic heterocycles. The number of carbonyl (C=O) groups is 1. The van der Waals surface area contributed by atoms with E-state index in [1.165, 1.54) is 23.4 Å². The Morgan fingerprint density at radius 2 is 1.89 bits per heavy atom. The van der Waals surface area contributed by atoms with Crippen LogP contribution in [-0.2, 0) is 19.0 Å². The molecular weight excluding hydrogens is 342 g/mol. The predicted molar refractivity (Wildman–Crippen MR) is 104 cm³/mol. The molecule has 144 valence electrons. The third kappa shape index (κ3) is 3.24. The van der Waals surface area contributed by atoms with E-state index >= 15 is 0 Å². The van der Waals surface area contributed by atoms with E-state index in [4.69, 9.17) is 14.2 Å². The van der Waals surface area contributed by atoms with Crippen molar-refractivity contribution in [2.45, 2.75) is 36.9 Å². The average Bonchev–Trinajstić information content (AvgIpc) is 2.89. The summed E-state index contributed by atoms with van der Waals surface area (Å²) in [6.45, 7) is 0.246. The van der Waals surface area contributed by atoms with Crippen molar-refractivity contribution >= 4 is 16.7 Å². The summed E-state index contributed by atoms with van der Waals surface area (Å²) >= 11 is 0. The lowest BCUT2D eigenvalue weighted by molar-refractivity contribution is -0.154. The Balaban J connectivity index is 1.71. The highest BCUT2D eigenvalue weighted by atomic mass is 16.7. The zero-order valence-corrected chi connectivity index (χ0v) is 16.1. The Bertz CT molecular complexity index is 823. The van der Waals surface area contributed by atoms with Gasteiger partial charge in [-0.2, -0.15) is 0 Å². The van der Waals surface area contributed by atoms with Crippen LogP contribution in [0.1, 0.15) is 24.3 Å². The molecule has 0 unspecified atom stereocenters. The van der Waals surface area contributed by atoms with Gasteiger partial charge in [0.05, 0.1) is 19.1 Å². The van der Waals surface area contributed by atoms with Crippen molar-refractivity contribution < 1.29 is 19.0 Å². The number of rotatable bonds is 5. The van der Waals surface area contributed by atoms with Gasteiger partial charge in [0.25, 0.3) is 0 Å². The molecule has 2 aliphatic heterocycles. The van der Waals surface area contributed by atoms with Gasteiger partial charge in [-0.05, 0) is 36.2 Å². The van der Waals surface area contributed by atoms with Gasteiger partial charge in [-0.25, -0.2) is 0 Å². The lowest BCUT2D eigenvalue weighted by atomic mass is 9.75. The van der Waals surface area contributed by atoms with Gasteiger partial charge in [-0.1, -0.05) is 42.5 Å². The van der Waals surface area contributed by atoms with Gasteiger partial charge in [-0.3, -0.25) is 9.69 Å². The second-order valence-electron chi connectivity index (χ2n) is 7.65. The highest BCUT2D eigenvalue weighted by molar-refractivity contribution is 5.83. The smallest absolute Gasteiger partial charge is 0.310 e. The van der Waals surface area contributed by atoms with Crippen LogP contribution < -0.4 is 0 Å². The number of hydrogen-bond acceptors (Lipinski definition) is 5. The normalized spacial score (nSPS) is 30.6. The summed E-state index contributed by atoms with van der Waals surface area (Å²) in [5, 5.41) is 2.42. The van der Waals surface area contributed by atoms with Gasteiger partial charge in [0, 0.05) is 25.1 Å². The number of piperidine rings is 1. The van der Waals surface area contributed by atoms with E-state index in [2.05, 4.69) is 48.3 Å². The van der Waals surface area contributed by atoms with Gasteiger partial charge in [0.2, 0.25) is 0 Å². The monoisotopic (exact) mass is 369 g/mol. The molecule has 0 radical (unpaired) electrons. The van der Waals surface area contributed by atoms with E-state index in [0.29, 0.717) is 6.04 Å². The predicted octanol–water partition coefficient (Wildman–Crippen LogP) is 3.18. The van der Waals surface area contributed by atoms with Crippen molar-refractivity contribution in [3.8, 4) is 0 Å².